The summed E-state index contributed by atoms with van der Waals surface area (Å²) in [4.78, 5) is 6.94. The molecule has 0 radical (unpaired) electrons. The molecule has 0 saturated carbocycles. The SMILES string of the molecule is CC(C)CNCc1cnc(N(C)C(C)C)c2ccccc12. The summed E-state index contributed by atoms with van der Waals surface area (Å²) in [6, 6.07) is 9.00. The fourth-order valence-electron chi connectivity index (χ4n) is 2.40. The van der Waals surface area contributed by atoms with Crippen LogP contribution in [0.3, 0.4) is 0 Å². The van der Waals surface area contributed by atoms with Crippen LogP contribution >= 0.6 is 0 Å². The van der Waals surface area contributed by atoms with Crippen molar-refractivity contribution in [1.29, 1.82) is 0 Å². The van der Waals surface area contributed by atoms with Crippen LogP contribution in [-0.4, -0.2) is 24.6 Å². The van der Waals surface area contributed by atoms with Gasteiger partial charge in [-0.1, -0.05) is 38.1 Å². The highest BCUT2D eigenvalue weighted by Gasteiger charge is 2.12. The highest BCUT2D eigenvalue weighted by Crippen LogP contribution is 2.27. The maximum Gasteiger partial charge on any atom is 0.136 e. The number of hydrogen-bond donors (Lipinski definition) is 1. The average Bonchev–Trinajstić information content (AvgIpc) is 2.46. The molecular formula is C18H27N3. The third kappa shape index (κ3) is 3.73. The van der Waals surface area contributed by atoms with Gasteiger partial charge < -0.3 is 10.2 Å². The topological polar surface area (TPSA) is 28.2 Å². The Bertz CT molecular complexity index is 590. The Hall–Kier alpha value is -1.61. The first-order chi connectivity index (χ1) is 10.0. The normalized spacial score (nSPS) is 11.6. The van der Waals surface area contributed by atoms with Crippen molar-refractivity contribution in [3.63, 3.8) is 0 Å². The molecule has 0 atom stereocenters. The zero-order valence-corrected chi connectivity index (χ0v) is 13.9. The predicted molar refractivity (Wildman–Crippen MR) is 91.8 cm³/mol. The van der Waals surface area contributed by atoms with Crippen LogP contribution in [0.4, 0.5) is 5.82 Å². The lowest BCUT2D eigenvalue weighted by Gasteiger charge is -2.24. The van der Waals surface area contributed by atoms with E-state index in [1.54, 1.807) is 0 Å². The first-order valence-corrected chi connectivity index (χ1v) is 7.81. The van der Waals surface area contributed by atoms with Crippen molar-refractivity contribution in [1.82, 2.24) is 10.3 Å². The molecule has 2 aromatic rings. The number of nitrogens with zero attached hydrogens (tertiary/aromatic N) is 2. The summed E-state index contributed by atoms with van der Waals surface area (Å²) < 4.78 is 0. The van der Waals surface area contributed by atoms with Gasteiger partial charge in [0.05, 0.1) is 0 Å². The van der Waals surface area contributed by atoms with Gasteiger partial charge in [-0.15, -0.1) is 0 Å². The minimum absolute atomic E-state index is 0.436. The number of pyridine rings is 1. The lowest BCUT2D eigenvalue weighted by atomic mass is 10.1. The summed E-state index contributed by atoms with van der Waals surface area (Å²) in [5, 5.41) is 6.04. The van der Waals surface area contributed by atoms with Gasteiger partial charge in [-0.2, -0.15) is 0 Å². The maximum absolute atomic E-state index is 4.71. The fourth-order valence-corrected chi connectivity index (χ4v) is 2.40. The third-order valence-corrected chi connectivity index (χ3v) is 3.83. The molecule has 0 bridgehead atoms. The van der Waals surface area contributed by atoms with Crippen LogP contribution in [-0.2, 0) is 6.54 Å². The van der Waals surface area contributed by atoms with E-state index in [0.717, 1.165) is 18.9 Å². The number of aromatic nitrogens is 1. The molecule has 3 nitrogen and oxygen atoms in total. The molecule has 0 aliphatic heterocycles. The second-order valence-electron chi connectivity index (χ2n) is 6.38. The van der Waals surface area contributed by atoms with E-state index in [9.17, 15) is 0 Å². The van der Waals surface area contributed by atoms with Gasteiger partial charge in [0.15, 0.2) is 0 Å². The lowest BCUT2D eigenvalue weighted by Crippen LogP contribution is -2.27. The molecule has 0 fully saturated rings. The van der Waals surface area contributed by atoms with Crippen molar-refractivity contribution in [2.75, 3.05) is 18.5 Å². The summed E-state index contributed by atoms with van der Waals surface area (Å²) in [6.45, 7) is 10.7. The number of benzene rings is 1. The van der Waals surface area contributed by atoms with E-state index in [-0.39, 0.29) is 0 Å². The van der Waals surface area contributed by atoms with Gasteiger partial charge in [-0.3, -0.25) is 0 Å². The summed E-state index contributed by atoms with van der Waals surface area (Å²) in [5.74, 6) is 1.73. The largest absolute Gasteiger partial charge is 0.357 e. The number of anilines is 1. The Balaban J connectivity index is 2.35. The van der Waals surface area contributed by atoms with Crippen molar-refractivity contribution in [2.45, 2.75) is 40.3 Å². The Labute approximate surface area is 128 Å². The Kier molecular flexibility index (Phi) is 5.18. The monoisotopic (exact) mass is 285 g/mol. The molecule has 0 aliphatic carbocycles. The smallest absolute Gasteiger partial charge is 0.136 e. The molecule has 0 amide bonds. The quantitative estimate of drug-likeness (QED) is 0.874. The van der Waals surface area contributed by atoms with Crippen molar-refractivity contribution < 1.29 is 0 Å². The maximum atomic E-state index is 4.71. The minimum atomic E-state index is 0.436. The minimum Gasteiger partial charge on any atom is -0.357 e. The molecule has 0 spiro atoms. The van der Waals surface area contributed by atoms with Crippen LogP contribution in [0.1, 0.15) is 33.3 Å². The Morgan fingerprint density at radius 1 is 1.10 bits per heavy atom. The van der Waals surface area contributed by atoms with Crippen LogP contribution in [0.5, 0.6) is 0 Å². The number of rotatable bonds is 6. The third-order valence-electron chi connectivity index (χ3n) is 3.83. The van der Waals surface area contributed by atoms with Gasteiger partial charge in [0, 0.05) is 31.2 Å². The summed E-state index contributed by atoms with van der Waals surface area (Å²) >= 11 is 0. The second-order valence-corrected chi connectivity index (χ2v) is 6.38. The number of nitrogens with one attached hydrogen (secondary N) is 1. The van der Waals surface area contributed by atoms with Gasteiger partial charge in [0.1, 0.15) is 5.82 Å². The molecule has 1 aromatic carbocycles. The van der Waals surface area contributed by atoms with Crippen LogP contribution in [0.25, 0.3) is 10.8 Å². The first-order valence-electron chi connectivity index (χ1n) is 7.81. The van der Waals surface area contributed by atoms with Crippen LogP contribution < -0.4 is 10.2 Å². The van der Waals surface area contributed by atoms with E-state index >= 15 is 0 Å². The molecule has 0 unspecified atom stereocenters. The Morgan fingerprint density at radius 3 is 2.38 bits per heavy atom. The van der Waals surface area contributed by atoms with E-state index in [1.807, 2.05) is 6.20 Å². The molecule has 1 N–H and O–H groups in total. The molecule has 1 heterocycles. The predicted octanol–water partition coefficient (Wildman–Crippen LogP) is 3.83. The lowest BCUT2D eigenvalue weighted by molar-refractivity contribution is 0.553. The molecule has 2 rings (SSSR count). The fraction of sp³-hybridized carbons (Fsp3) is 0.500. The average molecular weight is 285 g/mol. The molecule has 114 valence electrons. The molecule has 3 heteroatoms. The van der Waals surface area contributed by atoms with Crippen molar-refractivity contribution in [3.05, 3.63) is 36.0 Å². The van der Waals surface area contributed by atoms with Crippen molar-refractivity contribution in [3.8, 4) is 0 Å². The van der Waals surface area contributed by atoms with Gasteiger partial charge in [0.2, 0.25) is 0 Å². The molecular weight excluding hydrogens is 258 g/mol. The molecule has 1 aromatic heterocycles. The van der Waals surface area contributed by atoms with E-state index in [4.69, 9.17) is 4.98 Å². The van der Waals surface area contributed by atoms with E-state index < -0.39 is 0 Å². The summed E-state index contributed by atoms with van der Waals surface area (Å²) in [5.41, 5.74) is 1.27. The molecule has 0 saturated heterocycles. The van der Waals surface area contributed by atoms with E-state index in [0.29, 0.717) is 12.0 Å². The second kappa shape index (κ2) is 6.90. The molecule has 21 heavy (non-hydrogen) atoms. The standard InChI is InChI=1S/C18H27N3/c1-13(2)10-19-11-15-12-20-18(21(5)14(3)4)17-9-7-6-8-16(15)17/h6-9,12-14,19H,10-11H2,1-5H3. The zero-order chi connectivity index (χ0) is 15.4. The van der Waals surface area contributed by atoms with E-state index in [2.05, 4.69) is 69.2 Å². The number of hydrogen-bond acceptors (Lipinski definition) is 3. The summed E-state index contributed by atoms with van der Waals surface area (Å²) in [6.07, 6.45) is 2.02. The van der Waals surface area contributed by atoms with Crippen LogP contribution in [0.2, 0.25) is 0 Å². The number of fused-ring (bicyclic) bond motifs is 1. The van der Waals surface area contributed by atoms with Crippen LogP contribution in [0.15, 0.2) is 30.5 Å². The highest BCUT2D eigenvalue weighted by molar-refractivity contribution is 5.94. The van der Waals surface area contributed by atoms with Gasteiger partial charge in [-0.05, 0) is 37.3 Å². The first kappa shape index (κ1) is 15.8. The van der Waals surface area contributed by atoms with Crippen LogP contribution in [0, 0.1) is 5.92 Å². The molecule has 0 aliphatic rings. The van der Waals surface area contributed by atoms with Gasteiger partial charge >= 0.3 is 0 Å². The van der Waals surface area contributed by atoms with Crippen molar-refractivity contribution in [2.24, 2.45) is 5.92 Å². The highest BCUT2D eigenvalue weighted by atomic mass is 15.2. The van der Waals surface area contributed by atoms with E-state index in [1.165, 1.54) is 16.3 Å². The zero-order valence-electron chi connectivity index (χ0n) is 13.9. The van der Waals surface area contributed by atoms with Gasteiger partial charge in [-0.25, -0.2) is 4.98 Å². The summed E-state index contributed by atoms with van der Waals surface area (Å²) in [7, 11) is 2.11. The van der Waals surface area contributed by atoms with Gasteiger partial charge in [0.25, 0.3) is 0 Å². The van der Waals surface area contributed by atoms with Crippen molar-refractivity contribution >= 4 is 16.6 Å². The Morgan fingerprint density at radius 2 is 1.76 bits per heavy atom.